The van der Waals surface area contributed by atoms with Crippen molar-refractivity contribution in [2.75, 3.05) is 0 Å². The highest BCUT2D eigenvalue weighted by Gasteiger charge is 2.11. The maximum absolute atomic E-state index is 13.4. The second kappa shape index (κ2) is 6.23. The highest BCUT2D eigenvalue weighted by atomic mass is 19.1. The first-order valence-electron chi connectivity index (χ1n) is 6.01. The minimum atomic E-state index is -0.891. The lowest BCUT2D eigenvalue weighted by Crippen LogP contribution is -1.95. The largest absolute Gasteiger partial charge is 0.481 e. The third-order valence-electron chi connectivity index (χ3n) is 2.65. The van der Waals surface area contributed by atoms with Crippen molar-refractivity contribution in [3.63, 3.8) is 0 Å². The molecule has 0 unspecified atom stereocenters. The number of carboxylic acid groups (broad SMARTS) is 1. The van der Waals surface area contributed by atoms with Crippen LogP contribution in [0.1, 0.15) is 30.2 Å². The molecule has 0 aliphatic rings. The fourth-order valence-corrected chi connectivity index (χ4v) is 1.68. The molecule has 2 aromatic rings. The molecule has 1 aromatic heterocycles. The first-order chi connectivity index (χ1) is 9.54. The molecule has 0 fully saturated rings. The zero-order valence-electron chi connectivity index (χ0n) is 10.5. The van der Waals surface area contributed by atoms with Gasteiger partial charge < -0.3 is 9.52 Å². The molecule has 0 saturated carbocycles. The van der Waals surface area contributed by atoms with Crippen LogP contribution in [-0.4, -0.2) is 21.3 Å². The van der Waals surface area contributed by atoms with Crippen molar-refractivity contribution < 1.29 is 23.1 Å². The number of aromatic nitrogens is 2. The first kappa shape index (κ1) is 14.1. The van der Waals surface area contributed by atoms with E-state index in [4.69, 9.17) is 9.52 Å². The lowest BCUT2D eigenvalue weighted by Gasteiger charge is -1.99. The summed E-state index contributed by atoms with van der Waals surface area (Å²) in [6.45, 7) is 0. The van der Waals surface area contributed by atoms with Gasteiger partial charge in [-0.15, -0.1) is 10.2 Å². The maximum Gasteiger partial charge on any atom is 0.303 e. The molecule has 7 heteroatoms. The van der Waals surface area contributed by atoms with Crippen LogP contribution in [0.15, 0.2) is 22.6 Å². The van der Waals surface area contributed by atoms with Crippen LogP contribution in [0.25, 0.3) is 0 Å². The number of nitrogens with zero attached hydrogens (tertiary/aromatic N) is 2. The maximum atomic E-state index is 13.4. The van der Waals surface area contributed by atoms with E-state index >= 15 is 0 Å². The van der Waals surface area contributed by atoms with Crippen LogP contribution in [0.2, 0.25) is 0 Å². The number of aryl methyl sites for hydroxylation is 1. The van der Waals surface area contributed by atoms with Gasteiger partial charge in [0.25, 0.3) is 0 Å². The van der Waals surface area contributed by atoms with Crippen molar-refractivity contribution in [2.45, 2.75) is 25.7 Å². The summed E-state index contributed by atoms with van der Waals surface area (Å²) >= 11 is 0. The molecular formula is C13H12F2N2O3. The second-order valence-electron chi connectivity index (χ2n) is 4.25. The highest BCUT2D eigenvalue weighted by Crippen LogP contribution is 2.14. The van der Waals surface area contributed by atoms with E-state index in [9.17, 15) is 13.6 Å². The summed E-state index contributed by atoms with van der Waals surface area (Å²) in [7, 11) is 0. The van der Waals surface area contributed by atoms with E-state index in [0.717, 1.165) is 12.1 Å². The lowest BCUT2D eigenvalue weighted by atomic mass is 10.1. The van der Waals surface area contributed by atoms with Gasteiger partial charge in [0.05, 0.1) is 6.42 Å². The zero-order valence-corrected chi connectivity index (χ0v) is 10.5. The van der Waals surface area contributed by atoms with E-state index in [1.54, 1.807) is 0 Å². The molecule has 5 nitrogen and oxygen atoms in total. The highest BCUT2D eigenvalue weighted by molar-refractivity contribution is 5.66. The van der Waals surface area contributed by atoms with Gasteiger partial charge in [-0.05, 0) is 18.1 Å². The molecule has 0 saturated heterocycles. The Morgan fingerprint density at radius 2 is 2.00 bits per heavy atom. The van der Waals surface area contributed by atoms with Gasteiger partial charge in [-0.2, -0.15) is 0 Å². The molecule has 0 spiro atoms. The summed E-state index contributed by atoms with van der Waals surface area (Å²) < 4.78 is 31.5. The summed E-state index contributed by atoms with van der Waals surface area (Å²) in [5.41, 5.74) is 0.257. The number of halogens is 2. The van der Waals surface area contributed by atoms with Crippen molar-refractivity contribution >= 4 is 5.97 Å². The summed E-state index contributed by atoms with van der Waals surface area (Å²) in [5, 5.41) is 16.0. The summed E-state index contributed by atoms with van der Waals surface area (Å²) in [5.74, 6) is -1.69. The van der Waals surface area contributed by atoms with E-state index in [-0.39, 0.29) is 24.3 Å². The standard InChI is InChI=1S/C13H12F2N2O3/c14-9-5-4-8(10(15)7-9)6-12-17-16-11(20-12)2-1-3-13(18)19/h4-5,7H,1-3,6H2,(H,18,19). The zero-order chi connectivity index (χ0) is 14.5. The van der Waals surface area contributed by atoms with E-state index in [1.165, 1.54) is 6.07 Å². The third-order valence-corrected chi connectivity index (χ3v) is 2.65. The normalized spacial score (nSPS) is 10.7. The Kier molecular flexibility index (Phi) is 4.39. The van der Waals surface area contributed by atoms with E-state index in [2.05, 4.69) is 10.2 Å². The number of carboxylic acids is 1. The van der Waals surface area contributed by atoms with Crippen LogP contribution in [0.5, 0.6) is 0 Å². The van der Waals surface area contributed by atoms with Crippen molar-refractivity contribution in [3.8, 4) is 0 Å². The van der Waals surface area contributed by atoms with Gasteiger partial charge in [0.1, 0.15) is 11.6 Å². The second-order valence-corrected chi connectivity index (χ2v) is 4.25. The number of rotatable bonds is 6. The van der Waals surface area contributed by atoms with Crippen molar-refractivity contribution in [2.24, 2.45) is 0 Å². The number of aliphatic carboxylic acids is 1. The lowest BCUT2D eigenvalue weighted by molar-refractivity contribution is -0.137. The summed E-state index contributed by atoms with van der Waals surface area (Å²) in [4.78, 5) is 10.4. The van der Waals surface area contributed by atoms with Crippen LogP contribution in [-0.2, 0) is 17.6 Å². The number of hydrogen-bond acceptors (Lipinski definition) is 4. The predicted molar refractivity (Wildman–Crippen MR) is 64.0 cm³/mol. The topological polar surface area (TPSA) is 76.2 Å². The molecule has 106 valence electrons. The molecule has 1 N–H and O–H groups in total. The molecule has 0 amide bonds. The number of hydrogen-bond donors (Lipinski definition) is 1. The molecule has 0 atom stereocenters. The average Bonchev–Trinajstić information content (AvgIpc) is 2.80. The van der Waals surface area contributed by atoms with Crippen LogP contribution in [0.3, 0.4) is 0 Å². The van der Waals surface area contributed by atoms with Gasteiger partial charge in [0, 0.05) is 18.9 Å². The minimum absolute atomic E-state index is 0.0182. The molecule has 20 heavy (non-hydrogen) atoms. The Morgan fingerprint density at radius 3 is 2.70 bits per heavy atom. The monoisotopic (exact) mass is 282 g/mol. The quantitative estimate of drug-likeness (QED) is 0.880. The van der Waals surface area contributed by atoms with Gasteiger partial charge in [-0.3, -0.25) is 4.79 Å². The van der Waals surface area contributed by atoms with Gasteiger partial charge >= 0.3 is 5.97 Å². The van der Waals surface area contributed by atoms with Crippen LogP contribution in [0, 0.1) is 11.6 Å². The van der Waals surface area contributed by atoms with Crippen LogP contribution < -0.4 is 0 Å². The SMILES string of the molecule is O=C(O)CCCc1nnc(Cc2ccc(F)cc2F)o1. The summed E-state index contributed by atoms with van der Waals surface area (Å²) in [6, 6.07) is 3.26. The smallest absolute Gasteiger partial charge is 0.303 e. The first-order valence-corrected chi connectivity index (χ1v) is 6.01. The summed E-state index contributed by atoms with van der Waals surface area (Å²) in [6.07, 6.45) is 0.829. The van der Waals surface area contributed by atoms with Crippen molar-refractivity contribution in [3.05, 3.63) is 47.2 Å². The van der Waals surface area contributed by atoms with E-state index in [1.807, 2.05) is 0 Å². The molecule has 2 rings (SSSR count). The van der Waals surface area contributed by atoms with E-state index < -0.39 is 17.6 Å². The molecule has 0 bridgehead atoms. The number of benzene rings is 1. The average molecular weight is 282 g/mol. The predicted octanol–water partition coefficient (Wildman–Crippen LogP) is 2.35. The molecule has 0 radical (unpaired) electrons. The molecule has 1 heterocycles. The van der Waals surface area contributed by atoms with Crippen LogP contribution in [0.4, 0.5) is 8.78 Å². The third kappa shape index (κ3) is 3.84. The van der Waals surface area contributed by atoms with Gasteiger partial charge in [0.2, 0.25) is 11.8 Å². The Labute approximate surface area is 113 Å². The van der Waals surface area contributed by atoms with Crippen LogP contribution >= 0.6 is 0 Å². The van der Waals surface area contributed by atoms with Crippen molar-refractivity contribution in [1.82, 2.24) is 10.2 Å². The Morgan fingerprint density at radius 1 is 1.25 bits per heavy atom. The minimum Gasteiger partial charge on any atom is -0.481 e. The van der Waals surface area contributed by atoms with Gasteiger partial charge in [-0.25, -0.2) is 8.78 Å². The molecule has 0 aliphatic heterocycles. The van der Waals surface area contributed by atoms with E-state index in [0.29, 0.717) is 18.7 Å². The number of carbonyl (C=O) groups is 1. The van der Waals surface area contributed by atoms with Crippen molar-refractivity contribution in [1.29, 1.82) is 0 Å². The fraction of sp³-hybridized carbons (Fsp3) is 0.308. The Hall–Kier alpha value is -2.31. The van der Waals surface area contributed by atoms with Gasteiger partial charge in [0.15, 0.2) is 0 Å². The molecule has 1 aromatic carbocycles. The Bertz CT molecular complexity index is 613. The Balaban J connectivity index is 1.97. The van der Waals surface area contributed by atoms with Gasteiger partial charge in [-0.1, -0.05) is 6.07 Å². The fourth-order valence-electron chi connectivity index (χ4n) is 1.68. The molecule has 0 aliphatic carbocycles. The molecular weight excluding hydrogens is 270 g/mol.